The van der Waals surface area contributed by atoms with E-state index in [2.05, 4.69) is 4.72 Å². The average Bonchev–Trinajstić information content (AvgIpc) is 3.04. The highest BCUT2D eigenvalue weighted by Crippen LogP contribution is 2.27. The summed E-state index contributed by atoms with van der Waals surface area (Å²) in [6.07, 6.45) is 1.42. The first kappa shape index (κ1) is 9.68. The molecule has 2 heterocycles. The number of nitrogens with zero attached hydrogens (tertiary/aromatic N) is 1. The molecule has 5 nitrogen and oxygen atoms in total. The highest BCUT2D eigenvalue weighted by atomic mass is 32.2. The van der Waals surface area contributed by atoms with Crippen LogP contribution in [0.1, 0.15) is 0 Å². The monoisotopic (exact) mass is 238 g/mol. The molecule has 0 bridgehead atoms. The van der Waals surface area contributed by atoms with Crippen molar-refractivity contribution in [2.45, 2.75) is 0 Å². The van der Waals surface area contributed by atoms with Crippen LogP contribution in [0.2, 0.25) is 0 Å². The van der Waals surface area contributed by atoms with Crippen LogP contribution in [0.3, 0.4) is 0 Å². The second kappa shape index (κ2) is 3.23. The zero-order valence-electron chi connectivity index (χ0n) is 8.38. The third kappa shape index (κ3) is 1.56. The van der Waals surface area contributed by atoms with E-state index in [1.165, 1.54) is 10.6 Å². The van der Waals surface area contributed by atoms with Crippen molar-refractivity contribution in [2.75, 3.05) is 17.8 Å². The van der Waals surface area contributed by atoms with Gasteiger partial charge in [-0.05, 0) is 12.1 Å². The smallest absolute Gasteiger partial charge is 0.301 e. The molecule has 0 spiro atoms. The van der Waals surface area contributed by atoms with Crippen LogP contribution in [-0.4, -0.2) is 25.8 Å². The van der Waals surface area contributed by atoms with Gasteiger partial charge < -0.3 is 4.42 Å². The predicted molar refractivity (Wildman–Crippen MR) is 60.3 cm³/mol. The Hall–Kier alpha value is -1.53. The molecule has 0 atom stereocenters. The number of anilines is 1. The van der Waals surface area contributed by atoms with E-state index in [1.54, 1.807) is 6.07 Å². The molecule has 1 N–H and O–H groups in total. The van der Waals surface area contributed by atoms with Crippen molar-refractivity contribution in [1.29, 1.82) is 0 Å². The van der Waals surface area contributed by atoms with Gasteiger partial charge in [-0.2, -0.15) is 12.7 Å². The standard InChI is InChI=1S/C10H10N2O3S/c13-16(14,12-5-6-12)11-9-7-15-10-4-2-1-3-8(9)10/h1-4,7,11H,5-6H2. The first-order valence-electron chi connectivity index (χ1n) is 4.91. The van der Waals surface area contributed by atoms with E-state index in [0.29, 0.717) is 24.4 Å². The number of nitrogens with one attached hydrogen (secondary N) is 1. The fraction of sp³-hybridized carbons (Fsp3) is 0.200. The molecule has 16 heavy (non-hydrogen) atoms. The van der Waals surface area contributed by atoms with Crippen LogP contribution in [-0.2, 0) is 10.2 Å². The predicted octanol–water partition coefficient (Wildman–Crippen LogP) is 1.41. The molecule has 1 aromatic carbocycles. The fourth-order valence-corrected chi connectivity index (χ4v) is 2.67. The largest absolute Gasteiger partial charge is 0.462 e. The van der Waals surface area contributed by atoms with Crippen molar-refractivity contribution >= 4 is 26.9 Å². The van der Waals surface area contributed by atoms with E-state index in [1.807, 2.05) is 18.2 Å². The summed E-state index contributed by atoms with van der Waals surface area (Å²) in [6, 6.07) is 7.30. The summed E-state index contributed by atoms with van der Waals surface area (Å²) in [7, 11) is -3.38. The third-order valence-corrected chi connectivity index (χ3v) is 3.99. The van der Waals surface area contributed by atoms with Gasteiger partial charge in [-0.1, -0.05) is 12.1 Å². The molecule has 0 unspecified atom stereocenters. The van der Waals surface area contributed by atoms with E-state index < -0.39 is 10.2 Å². The van der Waals surface area contributed by atoms with Crippen LogP contribution in [0, 0.1) is 0 Å². The minimum atomic E-state index is -3.38. The van der Waals surface area contributed by atoms with Gasteiger partial charge in [-0.25, -0.2) is 0 Å². The quantitative estimate of drug-likeness (QED) is 0.822. The molecule has 1 aliphatic heterocycles. The van der Waals surface area contributed by atoms with Crippen LogP contribution < -0.4 is 4.72 Å². The van der Waals surface area contributed by atoms with Gasteiger partial charge in [0.2, 0.25) is 0 Å². The Labute approximate surface area is 92.8 Å². The Balaban J connectivity index is 2.00. The maximum atomic E-state index is 11.7. The summed E-state index contributed by atoms with van der Waals surface area (Å²) < 4.78 is 32.5. The molecule has 6 heteroatoms. The highest BCUT2D eigenvalue weighted by Gasteiger charge is 2.32. The number of hydrogen-bond acceptors (Lipinski definition) is 3. The molecule has 3 rings (SSSR count). The minimum absolute atomic E-state index is 0.488. The lowest BCUT2D eigenvalue weighted by atomic mass is 10.2. The summed E-state index contributed by atoms with van der Waals surface area (Å²) in [4.78, 5) is 0. The lowest BCUT2D eigenvalue weighted by Crippen LogP contribution is -2.20. The van der Waals surface area contributed by atoms with Crippen LogP contribution in [0.15, 0.2) is 34.9 Å². The summed E-state index contributed by atoms with van der Waals surface area (Å²) in [5.41, 5.74) is 1.16. The van der Waals surface area contributed by atoms with Gasteiger partial charge in [0.25, 0.3) is 0 Å². The van der Waals surface area contributed by atoms with Crippen molar-refractivity contribution in [3.8, 4) is 0 Å². The van der Waals surface area contributed by atoms with E-state index in [0.717, 1.165) is 5.39 Å². The van der Waals surface area contributed by atoms with Crippen LogP contribution in [0.4, 0.5) is 5.69 Å². The van der Waals surface area contributed by atoms with Gasteiger partial charge in [0, 0.05) is 18.5 Å². The summed E-state index contributed by atoms with van der Waals surface area (Å²) >= 11 is 0. The maximum Gasteiger partial charge on any atom is 0.301 e. The Morgan fingerprint density at radius 2 is 2.00 bits per heavy atom. The summed E-state index contributed by atoms with van der Waals surface area (Å²) in [6.45, 7) is 1.18. The lowest BCUT2D eigenvalue weighted by molar-refractivity contribution is 0.568. The molecule has 0 amide bonds. The van der Waals surface area contributed by atoms with Gasteiger partial charge in [0.05, 0.1) is 5.69 Å². The first-order valence-corrected chi connectivity index (χ1v) is 6.35. The van der Waals surface area contributed by atoms with Crippen LogP contribution in [0.5, 0.6) is 0 Å². The molecule has 1 fully saturated rings. The van der Waals surface area contributed by atoms with E-state index in [-0.39, 0.29) is 0 Å². The molecular formula is C10H10N2O3S. The molecule has 1 saturated heterocycles. The molecule has 1 aromatic heterocycles. The van der Waals surface area contributed by atoms with E-state index >= 15 is 0 Å². The third-order valence-electron chi connectivity index (χ3n) is 2.47. The summed E-state index contributed by atoms with van der Waals surface area (Å²) in [5.74, 6) is 0. The van der Waals surface area contributed by atoms with Crippen molar-refractivity contribution in [3.63, 3.8) is 0 Å². The second-order valence-corrected chi connectivity index (χ2v) is 5.32. The highest BCUT2D eigenvalue weighted by molar-refractivity contribution is 7.90. The number of rotatable bonds is 3. The lowest BCUT2D eigenvalue weighted by Gasteiger charge is -2.05. The molecule has 0 saturated carbocycles. The van der Waals surface area contributed by atoms with Gasteiger partial charge in [-0.15, -0.1) is 0 Å². The molecule has 0 aliphatic carbocycles. The van der Waals surface area contributed by atoms with Crippen LogP contribution in [0.25, 0.3) is 11.0 Å². The average molecular weight is 238 g/mol. The van der Waals surface area contributed by atoms with Crippen LogP contribution >= 0.6 is 0 Å². The Bertz CT molecular complexity index is 628. The maximum absolute atomic E-state index is 11.7. The van der Waals surface area contributed by atoms with Gasteiger partial charge in [0.1, 0.15) is 11.8 Å². The van der Waals surface area contributed by atoms with Gasteiger partial charge in [-0.3, -0.25) is 4.72 Å². The van der Waals surface area contributed by atoms with Crippen molar-refractivity contribution in [1.82, 2.24) is 4.31 Å². The number of hydrogen-bond donors (Lipinski definition) is 1. The molecule has 2 aromatic rings. The topological polar surface area (TPSA) is 62.3 Å². The Kier molecular flexibility index (Phi) is 1.95. The number of para-hydroxylation sites is 1. The normalized spacial score (nSPS) is 16.5. The fourth-order valence-electron chi connectivity index (χ4n) is 1.54. The number of fused-ring (bicyclic) bond motifs is 1. The zero-order valence-corrected chi connectivity index (χ0v) is 9.20. The zero-order chi connectivity index (χ0) is 11.2. The molecule has 84 valence electrons. The molecular weight excluding hydrogens is 228 g/mol. The number of furan rings is 1. The number of benzene rings is 1. The summed E-state index contributed by atoms with van der Waals surface area (Å²) in [5, 5.41) is 0.771. The molecule has 1 aliphatic rings. The first-order chi connectivity index (χ1) is 7.67. The second-order valence-electron chi connectivity index (χ2n) is 3.65. The Morgan fingerprint density at radius 3 is 2.75 bits per heavy atom. The van der Waals surface area contributed by atoms with E-state index in [4.69, 9.17) is 4.42 Å². The SMILES string of the molecule is O=S(=O)(Nc1coc2ccccc12)N1CC1. The van der Waals surface area contributed by atoms with Crippen molar-refractivity contribution < 1.29 is 12.8 Å². The van der Waals surface area contributed by atoms with Crippen molar-refractivity contribution in [2.24, 2.45) is 0 Å². The van der Waals surface area contributed by atoms with Crippen molar-refractivity contribution in [3.05, 3.63) is 30.5 Å². The Morgan fingerprint density at radius 1 is 1.25 bits per heavy atom. The minimum Gasteiger partial charge on any atom is -0.462 e. The van der Waals surface area contributed by atoms with E-state index in [9.17, 15) is 8.42 Å². The van der Waals surface area contributed by atoms with Gasteiger partial charge >= 0.3 is 10.2 Å². The van der Waals surface area contributed by atoms with Gasteiger partial charge in [0.15, 0.2) is 0 Å². The molecule has 0 radical (unpaired) electrons.